The highest BCUT2D eigenvalue weighted by molar-refractivity contribution is 6.43. The van der Waals surface area contributed by atoms with Crippen LogP contribution in [0.25, 0.3) is 0 Å². The van der Waals surface area contributed by atoms with E-state index in [-0.39, 0.29) is 18.3 Å². The number of amides is 1. The Morgan fingerprint density at radius 1 is 1.48 bits per heavy atom. The molecule has 0 saturated carbocycles. The molecular weight excluding hydrogens is 326 g/mol. The number of likely N-dealkylation sites (tertiary alicyclic amines) is 1. The Balaban J connectivity index is 1.88. The van der Waals surface area contributed by atoms with E-state index in [1.165, 1.54) is 24.3 Å². The predicted octanol–water partition coefficient (Wildman–Crippen LogP) is 1.47. The number of nitrogens with zero attached hydrogens (tertiary/aromatic N) is 1. The molecule has 136 valence electrons. The SMILES string of the molecule is CC=CN1CCCC(OC(=O)N[C@@H](Cc2ccc(F)cc2)B(O)O)C1. The molecule has 1 fully saturated rings. The standard InChI is InChI=1S/C17H24BFN2O4/c1-2-9-21-10-3-4-15(12-21)25-17(22)20-16(18(23)24)11-13-5-7-14(19)8-6-13/h2,5-9,15-16,23-24H,3-4,10-12H2,1H3,(H,20,22)/t15?,16-/m0/s1. The van der Waals surface area contributed by atoms with Crippen LogP contribution in [0.1, 0.15) is 25.3 Å². The number of halogens is 1. The van der Waals surface area contributed by atoms with Gasteiger partial charge < -0.3 is 25.0 Å². The molecule has 25 heavy (non-hydrogen) atoms. The van der Waals surface area contributed by atoms with Crippen LogP contribution in [0.15, 0.2) is 36.5 Å². The highest BCUT2D eigenvalue weighted by atomic mass is 19.1. The Kier molecular flexibility index (Phi) is 7.27. The summed E-state index contributed by atoms with van der Waals surface area (Å²) in [6.45, 7) is 3.47. The van der Waals surface area contributed by atoms with E-state index in [1.807, 2.05) is 19.2 Å². The monoisotopic (exact) mass is 350 g/mol. The van der Waals surface area contributed by atoms with Crippen LogP contribution in [0.2, 0.25) is 0 Å². The third-order valence-corrected chi connectivity index (χ3v) is 4.08. The van der Waals surface area contributed by atoms with E-state index in [2.05, 4.69) is 10.2 Å². The summed E-state index contributed by atoms with van der Waals surface area (Å²) in [7, 11) is -1.75. The smallest absolute Gasteiger partial charge is 0.444 e. The zero-order chi connectivity index (χ0) is 18.2. The van der Waals surface area contributed by atoms with E-state index < -0.39 is 19.2 Å². The number of rotatable bonds is 6. The van der Waals surface area contributed by atoms with Gasteiger partial charge in [-0.25, -0.2) is 9.18 Å². The number of nitrogens with one attached hydrogen (secondary N) is 1. The Morgan fingerprint density at radius 2 is 2.20 bits per heavy atom. The number of benzene rings is 1. The van der Waals surface area contributed by atoms with E-state index in [0.717, 1.165) is 19.4 Å². The Hall–Kier alpha value is -2.06. The minimum absolute atomic E-state index is 0.155. The highest BCUT2D eigenvalue weighted by Crippen LogP contribution is 2.14. The Labute approximate surface area is 147 Å². The van der Waals surface area contributed by atoms with Gasteiger partial charge in [-0.1, -0.05) is 18.2 Å². The van der Waals surface area contributed by atoms with Crippen LogP contribution >= 0.6 is 0 Å². The van der Waals surface area contributed by atoms with Crippen molar-refractivity contribution in [3.8, 4) is 0 Å². The van der Waals surface area contributed by atoms with Crippen LogP contribution < -0.4 is 5.32 Å². The van der Waals surface area contributed by atoms with Gasteiger partial charge in [0, 0.05) is 6.54 Å². The third-order valence-electron chi connectivity index (χ3n) is 4.08. The molecule has 0 aliphatic carbocycles. The average Bonchev–Trinajstić information content (AvgIpc) is 2.56. The van der Waals surface area contributed by atoms with Crippen molar-refractivity contribution >= 4 is 13.2 Å². The molecule has 1 aliphatic rings. The van der Waals surface area contributed by atoms with E-state index in [1.54, 1.807) is 0 Å². The quantitative estimate of drug-likeness (QED) is 0.677. The second-order valence-corrected chi connectivity index (χ2v) is 6.14. The number of alkyl carbamates (subject to hydrolysis) is 1. The number of hydrogen-bond acceptors (Lipinski definition) is 5. The van der Waals surface area contributed by atoms with Crippen LogP contribution in [0.5, 0.6) is 0 Å². The molecular formula is C17H24BFN2O4. The molecule has 1 unspecified atom stereocenters. The van der Waals surface area contributed by atoms with E-state index in [9.17, 15) is 19.2 Å². The molecule has 1 aromatic carbocycles. The van der Waals surface area contributed by atoms with Crippen molar-refractivity contribution in [2.24, 2.45) is 0 Å². The summed E-state index contributed by atoms with van der Waals surface area (Å²) in [4.78, 5) is 14.2. The van der Waals surface area contributed by atoms with Gasteiger partial charge in [0.25, 0.3) is 0 Å². The van der Waals surface area contributed by atoms with Crippen molar-refractivity contribution in [1.82, 2.24) is 10.2 Å². The summed E-state index contributed by atoms with van der Waals surface area (Å²) in [5.74, 6) is -1.31. The Morgan fingerprint density at radius 3 is 2.84 bits per heavy atom. The van der Waals surface area contributed by atoms with Crippen molar-refractivity contribution in [2.75, 3.05) is 13.1 Å². The van der Waals surface area contributed by atoms with Gasteiger partial charge in [-0.2, -0.15) is 0 Å². The van der Waals surface area contributed by atoms with Crippen LogP contribution in [-0.4, -0.2) is 53.3 Å². The Bertz CT molecular complexity index is 583. The third kappa shape index (κ3) is 6.40. The summed E-state index contributed by atoms with van der Waals surface area (Å²) in [5, 5.41) is 21.5. The molecule has 3 N–H and O–H groups in total. The maximum absolute atomic E-state index is 12.9. The van der Waals surface area contributed by atoms with Crippen LogP contribution in [-0.2, 0) is 11.2 Å². The van der Waals surface area contributed by atoms with Crippen molar-refractivity contribution in [1.29, 1.82) is 0 Å². The van der Waals surface area contributed by atoms with Gasteiger partial charge in [0.05, 0.1) is 12.5 Å². The highest BCUT2D eigenvalue weighted by Gasteiger charge is 2.28. The molecule has 6 nitrogen and oxygen atoms in total. The molecule has 1 amide bonds. The van der Waals surface area contributed by atoms with Crippen molar-refractivity contribution < 1.29 is 24.0 Å². The largest absolute Gasteiger partial charge is 0.475 e. The summed E-state index contributed by atoms with van der Waals surface area (Å²) in [6, 6.07) is 5.64. The van der Waals surface area contributed by atoms with Gasteiger partial charge in [-0.3, -0.25) is 0 Å². The van der Waals surface area contributed by atoms with Gasteiger partial charge in [0.1, 0.15) is 11.9 Å². The lowest BCUT2D eigenvalue weighted by Gasteiger charge is -2.31. The van der Waals surface area contributed by atoms with Crippen LogP contribution in [0.4, 0.5) is 9.18 Å². The van der Waals surface area contributed by atoms with Gasteiger partial charge in [-0.05, 0) is 50.1 Å². The summed E-state index contributed by atoms with van der Waals surface area (Å²) < 4.78 is 18.3. The summed E-state index contributed by atoms with van der Waals surface area (Å²) in [5.41, 5.74) is 0.678. The molecule has 0 aromatic heterocycles. The summed E-state index contributed by atoms with van der Waals surface area (Å²) in [6.07, 6.45) is 4.81. The zero-order valence-corrected chi connectivity index (χ0v) is 14.3. The fourth-order valence-electron chi connectivity index (χ4n) is 2.85. The van der Waals surface area contributed by atoms with E-state index in [0.29, 0.717) is 12.1 Å². The lowest BCUT2D eigenvalue weighted by Crippen LogP contribution is -2.49. The zero-order valence-electron chi connectivity index (χ0n) is 14.3. The second kappa shape index (κ2) is 9.43. The van der Waals surface area contributed by atoms with E-state index >= 15 is 0 Å². The topological polar surface area (TPSA) is 82.0 Å². The number of carbonyl (C=O) groups is 1. The second-order valence-electron chi connectivity index (χ2n) is 6.14. The first-order chi connectivity index (χ1) is 12.0. The lowest BCUT2D eigenvalue weighted by atomic mass is 9.76. The molecule has 2 rings (SSSR count). The first kappa shape index (κ1) is 19.3. The molecule has 1 aromatic rings. The average molecular weight is 350 g/mol. The number of allylic oxidation sites excluding steroid dienone is 1. The predicted molar refractivity (Wildman–Crippen MR) is 93.1 cm³/mol. The fourth-order valence-corrected chi connectivity index (χ4v) is 2.85. The summed E-state index contributed by atoms with van der Waals surface area (Å²) >= 11 is 0. The maximum Gasteiger partial charge on any atom is 0.475 e. The van der Waals surface area contributed by atoms with Crippen molar-refractivity contribution in [3.05, 3.63) is 47.9 Å². The van der Waals surface area contributed by atoms with Crippen LogP contribution in [0, 0.1) is 5.82 Å². The molecule has 0 bridgehead atoms. The lowest BCUT2D eigenvalue weighted by molar-refractivity contribution is 0.0552. The molecule has 1 aliphatic heterocycles. The maximum atomic E-state index is 12.9. The molecule has 2 atom stereocenters. The molecule has 0 spiro atoms. The van der Waals surface area contributed by atoms with E-state index in [4.69, 9.17) is 4.74 Å². The minimum atomic E-state index is -1.75. The van der Waals surface area contributed by atoms with Crippen molar-refractivity contribution in [3.63, 3.8) is 0 Å². The molecule has 0 radical (unpaired) electrons. The first-order valence-electron chi connectivity index (χ1n) is 8.42. The fraction of sp³-hybridized carbons (Fsp3) is 0.471. The minimum Gasteiger partial charge on any atom is -0.444 e. The molecule has 8 heteroatoms. The van der Waals surface area contributed by atoms with Gasteiger partial charge in [0.2, 0.25) is 0 Å². The van der Waals surface area contributed by atoms with Gasteiger partial charge >= 0.3 is 13.2 Å². The number of carbonyl (C=O) groups excluding carboxylic acids is 1. The number of piperidine rings is 1. The number of hydrogen-bond donors (Lipinski definition) is 3. The molecule has 1 heterocycles. The number of ether oxygens (including phenoxy) is 1. The first-order valence-corrected chi connectivity index (χ1v) is 8.42. The van der Waals surface area contributed by atoms with Gasteiger partial charge in [-0.15, -0.1) is 0 Å². The van der Waals surface area contributed by atoms with Gasteiger partial charge in [0.15, 0.2) is 0 Å². The van der Waals surface area contributed by atoms with Crippen molar-refractivity contribution in [2.45, 2.75) is 38.2 Å². The molecule has 1 saturated heterocycles. The van der Waals surface area contributed by atoms with Crippen LogP contribution in [0.3, 0.4) is 0 Å². The normalized spacial score (nSPS) is 18.9.